The first-order valence-electron chi connectivity index (χ1n) is 8.00. The third-order valence-electron chi connectivity index (χ3n) is 4.80. The molecule has 0 amide bonds. The number of allylic oxidation sites excluding steroid dienone is 4. The fourth-order valence-electron chi connectivity index (χ4n) is 3.82. The predicted molar refractivity (Wildman–Crippen MR) is 83.0 cm³/mol. The van der Waals surface area contributed by atoms with E-state index in [1.165, 1.54) is 68.4 Å². The van der Waals surface area contributed by atoms with Gasteiger partial charge in [0.1, 0.15) is 0 Å². The van der Waals surface area contributed by atoms with Crippen LogP contribution >= 0.6 is 0 Å². The quantitative estimate of drug-likeness (QED) is 0.794. The van der Waals surface area contributed by atoms with Gasteiger partial charge in [0.15, 0.2) is 0 Å². The molecule has 1 aromatic carbocycles. The van der Waals surface area contributed by atoms with Gasteiger partial charge in [-0.25, -0.2) is 0 Å². The minimum atomic E-state index is 1.22. The molecule has 2 nitrogen and oxygen atoms in total. The number of hydrazine groups is 1. The van der Waals surface area contributed by atoms with E-state index in [4.69, 9.17) is 0 Å². The Balaban J connectivity index is 1.79. The summed E-state index contributed by atoms with van der Waals surface area (Å²) in [5, 5.41) is 2.36. The minimum absolute atomic E-state index is 1.22. The minimum Gasteiger partial charge on any atom is -0.298 e. The van der Waals surface area contributed by atoms with E-state index in [-0.39, 0.29) is 0 Å². The topological polar surface area (TPSA) is 15.3 Å². The highest BCUT2D eigenvalue weighted by Crippen LogP contribution is 2.42. The van der Waals surface area contributed by atoms with Gasteiger partial charge in [-0.1, -0.05) is 18.2 Å². The molecule has 104 valence electrons. The number of nitrogens with one attached hydrogen (secondary N) is 1. The van der Waals surface area contributed by atoms with Crippen LogP contribution in [0.1, 0.15) is 51.4 Å². The second-order valence-corrected chi connectivity index (χ2v) is 6.08. The summed E-state index contributed by atoms with van der Waals surface area (Å²) >= 11 is 0. The van der Waals surface area contributed by atoms with Crippen LogP contribution in [0.4, 0.5) is 5.69 Å². The van der Waals surface area contributed by atoms with Crippen LogP contribution in [0.3, 0.4) is 0 Å². The number of para-hydroxylation sites is 1. The molecule has 3 aliphatic rings. The molecule has 0 aromatic heterocycles. The van der Waals surface area contributed by atoms with E-state index in [0.29, 0.717) is 0 Å². The molecule has 0 unspecified atom stereocenters. The maximum absolute atomic E-state index is 3.73. The van der Waals surface area contributed by atoms with Crippen molar-refractivity contribution < 1.29 is 0 Å². The van der Waals surface area contributed by atoms with Crippen LogP contribution in [-0.2, 0) is 0 Å². The van der Waals surface area contributed by atoms with Gasteiger partial charge in [0, 0.05) is 11.4 Å². The zero-order valence-electron chi connectivity index (χ0n) is 12.0. The van der Waals surface area contributed by atoms with Gasteiger partial charge in [-0.2, -0.15) is 0 Å². The molecule has 0 atom stereocenters. The molecular weight excluding hydrogens is 244 g/mol. The average Bonchev–Trinajstić information content (AvgIpc) is 2.55. The van der Waals surface area contributed by atoms with Crippen molar-refractivity contribution in [2.24, 2.45) is 0 Å². The SMILES string of the molecule is c1ccc(N2NC3=C(CCCC3)C3=C2CCCC3)cc1. The zero-order chi connectivity index (χ0) is 13.4. The number of anilines is 1. The first-order chi connectivity index (χ1) is 9.93. The van der Waals surface area contributed by atoms with Crippen molar-refractivity contribution in [3.63, 3.8) is 0 Å². The van der Waals surface area contributed by atoms with Crippen LogP contribution in [0.15, 0.2) is 52.9 Å². The molecule has 20 heavy (non-hydrogen) atoms. The van der Waals surface area contributed by atoms with E-state index in [9.17, 15) is 0 Å². The Labute approximate surface area is 121 Å². The lowest BCUT2D eigenvalue weighted by molar-refractivity contribution is 0.548. The molecule has 0 saturated heterocycles. The van der Waals surface area contributed by atoms with Crippen LogP contribution in [0.2, 0.25) is 0 Å². The van der Waals surface area contributed by atoms with Gasteiger partial charge in [0.2, 0.25) is 0 Å². The Morgan fingerprint density at radius 1 is 0.750 bits per heavy atom. The van der Waals surface area contributed by atoms with Crippen molar-refractivity contribution in [1.82, 2.24) is 5.43 Å². The summed E-state index contributed by atoms with van der Waals surface area (Å²) < 4.78 is 0. The summed E-state index contributed by atoms with van der Waals surface area (Å²) in [4.78, 5) is 0. The van der Waals surface area contributed by atoms with Gasteiger partial charge in [-0.3, -0.25) is 10.4 Å². The van der Waals surface area contributed by atoms with Gasteiger partial charge in [-0.15, -0.1) is 0 Å². The molecular formula is C18H22N2. The lowest BCUT2D eigenvalue weighted by atomic mass is 9.82. The van der Waals surface area contributed by atoms with Gasteiger partial charge in [-0.05, 0) is 74.6 Å². The fraction of sp³-hybridized carbons (Fsp3) is 0.444. The first kappa shape index (κ1) is 12.1. The maximum Gasteiger partial charge on any atom is 0.0626 e. The lowest BCUT2D eigenvalue weighted by Gasteiger charge is -2.41. The number of nitrogens with zero attached hydrogens (tertiary/aromatic N) is 1. The maximum atomic E-state index is 3.73. The molecule has 1 N–H and O–H groups in total. The normalized spacial score (nSPS) is 22.3. The van der Waals surface area contributed by atoms with Gasteiger partial charge in [0.05, 0.1) is 5.69 Å². The van der Waals surface area contributed by atoms with Crippen molar-refractivity contribution in [3.8, 4) is 0 Å². The summed E-state index contributed by atoms with van der Waals surface area (Å²) in [6.45, 7) is 0. The van der Waals surface area contributed by atoms with E-state index in [1.54, 1.807) is 11.1 Å². The Kier molecular flexibility index (Phi) is 3.02. The van der Waals surface area contributed by atoms with E-state index in [0.717, 1.165) is 0 Å². The number of fused-ring (bicyclic) bond motifs is 1. The van der Waals surface area contributed by atoms with Crippen molar-refractivity contribution in [2.75, 3.05) is 5.01 Å². The summed E-state index contributed by atoms with van der Waals surface area (Å²) in [7, 11) is 0. The van der Waals surface area contributed by atoms with Crippen molar-refractivity contribution in [3.05, 3.63) is 52.9 Å². The van der Waals surface area contributed by atoms with Crippen molar-refractivity contribution in [1.29, 1.82) is 0 Å². The summed E-state index contributed by atoms with van der Waals surface area (Å²) in [5.74, 6) is 0. The third-order valence-corrected chi connectivity index (χ3v) is 4.80. The highest BCUT2D eigenvalue weighted by molar-refractivity contribution is 5.58. The van der Waals surface area contributed by atoms with Crippen molar-refractivity contribution in [2.45, 2.75) is 51.4 Å². The van der Waals surface area contributed by atoms with Crippen LogP contribution in [-0.4, -0.2) is 0 Å². The van der Waals surface area contributed by atoms with E-state index < -0.39 is 0 Å². The molecule has 2 heteroatoms. The third kappa shape index (κ3) is 1.94. The second-order valence-electron chi connectivity index (χ2n) is 6.08. The Bertz CT molecular complexity index is 568. The van der Waals surface area contributed by atoms with Crippen molar-refractivity contribution >= 4 is 5.69 Å². The first-order valence-corrected chi connectivity index (χ1v) is 8.00. The lowest BCUT2D eigenvalue weighted by Crippen LogP contribution is -2.42. The van der Waals surface area contributed by atoms with E-state index in [2.05, 4.69) is 40.8 Å². The number of benzene rings is 1. The Hall–Kier alpha value is -1.70. The molecule has 4 rings (SSSR count). The smallest absolute Gasteiger partial charge is 0.0626 e. The zero-order valence-corrected chi connectivity index (χ0v) is 12.0. The molecule has 2 aliphatic carbocycles. The van der Waals surface area contributed by atoms with E-state index in [1.807, 2.05) is 0 Å². The standard InChI is InChI=1S/C18H22N2/c1-2-8-14(9-3-1)20-18-13-7-5-11-16(18)15-10-4-6-12-17(15)19-20/h1-3,8-9,19H,4-7,10-13H2. The molecule has 0 spiro atoms. The average molecular weight is 266 g/mol. The number of hydrogen-bond acceptors (Lipinski definition) is 2. The molecule has 0 saturated carbocycles. The monoisotopic (exact) mass is 266 g/mol. The van der Waals surface area contributed by atoms with Gasteiger partial charge < -0.3 is 0 Å². The van der Waals surface area contributed by atoms with Crippen LogP contribution in [0.5, 0.6) is 0 Å². The molecule has 0 bridgehead atoms. The number of rotatable bonds is 1. The molecule has 0 radical (unpaired) electrons. The largest absolute Gasteiger partial charge is 0.298 e. The molecule has 1 aromatic rings. The van der Waals surface area contributed by atoms with E-state index >= 15 is 0 Å². The van der Waals surface area contributed by atoms with Gasteiger partial charge >= 0.3 is 0 Å². The molecule has 1 heterocycles. The second kappa shape index (κ2) is 5.01. The summed E-state index contributed by atoms with van der Waals surface area (Å²) in [6.07, 6.45) is 10.4. The predicted octanol–water partition coefficient (Wildman–Crippen LogP) is 4.67. The Morgan fingerprint density at radius 2 is 1.45 bits per heavy atom. The fourth-order valence-corrected chi connectivity index (χ4v) is 3.82. The molecule has 0 fully saturated rings. The summed E-state index contributed by atoms with van der Waals surface area (Å²) in [6, 6.07) is 10.8. The van der Waals surface area contributed by atoms with Gasteiger partial charge in [0.25, 0.3) is 0 Å². The molecule has 1 aliphatic heterocycles. The highest BCUT2D eigenvalue weighted by Gasteiger charge is 2.30. The van der Waals surface area contributed by atoms with Crippen LogP contribution in [0, 0.1) is 0 Å². The van der Waals surface area contributed by atoms with Crippen LogP contribution < -0.4 is 10.4 Å². The number of hydrogen-bond donors (Lipinski definition) is 1. The Morgan fingerprint density at radius 3 is 2.30 bits per heavy atom. The highest BCUT2D eigenvalue weighted by atomic mass is 15.5. The van der Waals surface area contributed by atoms with Crippen LogP contribution in [0.25, 0.3) is 0 Å². The summed E-state index contributed by atoms with van der Waals surface area (Å²) in [5.41, 5.74) is 11.3.